The Kier molecular flexibility index (Phi) is 5.10. The van der Waals surface area contributed by atoms with Crippen molar-refractivity contribution >= 4 is 26.7 Å². The third-order valence-corrected chi connectivity index (χ3v) is 4.43. The van der Waals surface area contributed by atoms with Crippen LogP contribution in [0.25, 0.3) is 10.2 Å². The van der Waals surface area contributed by atoms with Gasteiger partial charge in [-0.05, 0) is 37.9 Å². The van der Waals surface area contributed by atoms with Gasteiger partial charge in [0.15, 0.2) is 5.13 Å². The molecular formula is C18H21N3OS. The van der Waals surface area contributed by atoms with Crippen molar-refractivity contribution in [1.29, 1.82) is 0 Å². The lowest BCUT2D eigenvalue weighted by Crippen LogP contribution is -2.19. The predicted octanol–water partition coefficient (Wildman–Crippen LogP) is 3.85. The Bertz CT molecular complexity index is 755. The molecule has 1 N–H and O–H groups in total. The Balaban J connectivity index is 1.64. The molecule has 3 rings (SSSR count). The molecule has 3 aromatic rings. The molecule has 0 saturated carbocycles. The van der Waals surface area contributed by atoms with Crippen LogP contribution >= 0.6 is 11.3 Å². The normalized spacial score (nSPS) is 11.1. The predicted molar refractivity (Wildman–Crippen MR) is 97.4 cm³/mol. The van der Waals surface area contributed by atoms with E-state index in [1.807, 2.05) is 44.4 Å². The Morgan fingerprint density at radius 1 is 1.13 bits per heavy atom. The van der Waals surface area contributed by atoms with Gasteiger partial charge in [-0.25, -0.2) is 4.98 Å². The summed E-state index contributed by atoms with van der Waals surface area (Å²) in [5.74, 6) is 0.901. The molecule has 23 heavy (non-hydrogen) atoms. The van der Waals surface area contributed by atoms with E-state index in [0.717, 1.165) is 34.2 Å². The highest BCUT2D eigenvalue weighted by Gasteiger charge is 2.05. The molecule has 0 spiro atoms. The first-order chi connectivity index (χ1) is 11.2. The van der Waals surface area contributed by atoms with E-state index in [1.54, 1.807) is 11.3 Å². The second-order valence-electron chi connectivity index (χ2n) is 5.64. The highest BCUT2D eigenvalue weighted by molar-refractivity contribution is 7.22. The molecule has 0 fully saturated rings. The van der Waals surface area contributed by atoms with Crippen molar-refractivity contribution in [2.45, 2.75) is 6.54 Å². The van der Waals surface area contributed by atoms with Crippen molar-refractivity contribution in [3.8, 4) is 5.75 Å². The summed E-state index contributed by atoms with van der Waals surface area (Å²) in [6.07, 6.45) is 0. The van der Waals surface area contributed by atoms with Gasteiger partial charge in [-0.3, -0.25) is 0 Å². The molecule has 0 atom stereocenters. The smallest absolute Gasteiger partial charge is 0.184 e. The van der Waals surface area contributed by atoms with Crippen LogP contribution in [0.15, 0.2) is 48.5 Å². The Hall–Kier alpha value is -2.11. The SMILES string of the molecule is CN(C)CCOc1ccc2nc(NCc3ccccc3)sc2c1. The van der Waals surface area contributed by atoms with E-state index >= 15 is 0 Å². The maximum Gasteiger partial charge on any atom is 0.184 e. The van der Waals surface area contributed by atoms with Gasteiger partial charge in [0.1, 0.15) is 12.4 Å². The van der Waals surface area contributed by atoms with Crippen molar-refractivity contribution < 1.29 is 4.74 Å². The number of benzene rings is 2. The summed E-state index contributed by atoms with van der Waals surface area (Å²) in [5.41, 5.74) is 2.25. The monoisotopic (exact) mass is 327 g/mol. The molecule has 5 heteroatoms. The Morgan fingerprint density at radius 2 is 1.96 bits per heavy atom. The Morgan fingerprint density at radius 3 is 2.74 bits per heavy atom. The third kappa shape index (κ3) is 4.43. The fourth-order valence-electron chi connectivity index (χ4n) is 2.19. The van der Waals surface area contributed by atoms with Crippen LogP contribution in [0.3, 0.4) is 0 Å². The first kappa shape index (κ1) is 15.8. The zero-order chi connectivity index (χ0) is 16.1. The fourth-order valence-corrected chi connectivity index (χ4v) is 3.08. The van der Waals surface area contributed by atoms with Crippen LogP contribution in [0.5, 0.6) is 5.75 Å². The maximum absolute atomic E-state index is 5.78. The minimum absolute atomic E-state index is 0.691. The number of nitrogens with zero attached hydrogens (tertiary/aromatic N) is 2. The van der Waals surface area contributed by atoms with Gasteiger partial charge in [0.05, 0.1) is 10.2 Å². The summed E-state index contributed by atoms with van der Waals surface area (Å²) >= 11 is 1.66. The van der Waals surface area contributed by atoms with E-state index in [2.05, 4.69) is 33.4 Å². The molecule has 4 nitrogen and oxygen atoms in total. The summed E-state index contributed by atoms with van der Waals surface area (Å²) in [4.78, 5) is 6.73. The molecular weight excluding hydrogens is 306 g/mol. The van der Waals surface area contributed by atoms with Gasteiger partial charge >= 0.3 is 0 Å². The van der Waals surface area contributed by atoms with Crippen molar-refractivity contribution in [3.05, 3.63) is 54.1 Å². The van der Waals surface area contributed by atoms with Crippen LogP contribution in [0.2, 0.25) is 0 Å². The molecule has 0 unspecified atom stereocenters. The van der Waals surface area contributed by atoms with Gasteiger partial charge in [0, 0.05) is 13.1 Å². The molecule has 0 aliphatic heterocycles. The summed E-state index contributed by atoms with van der Waals surface area (Å²) in [7, 11) is 4.08. The zero-order valence-electron chi connectivity index (χ0n) is 13.5. The molecule has 0 saturated heterocycles. The number of nitrogens with one attached hydrogen (secondary N) is 1. The van der Waals surface area contributed by atoms with Gasteiger partial charge in [-0.1, -0.05) is 41.7 Å². The molecule has 0 bridgehead atoms. The Labute approximate surface area is 140 Å². The summed E-state index contributed by atoms with van der Waals surface area (Å²) in [6.45, 7) is 2.38. The molecule has 0 radical (unpaired) electrons. The number of rotatable bonds is 7. The van der Waals surface area contributed by atoms with E-state index < -0.39 is 0 Å². The van der Waals surface area contributed by atoms with E-state index in [0.29, 0.717) is 6.61 Å². The van der Waals surface area contributed by atoms with Crippen molar-refractivity contribution in [3.63, 3.8) is 0 Å². The van der Waals surface area contributed by atoms with Crippen molar-refractivity contribution in [2.24, 2.45) is 0 Å². The van der Waals surface area contributed by atoms with Crippen LogP contribution in [0.4, 0.5) is 5.13 Å². The van der Waals surface area contributed by atoms with Gasteiger partial charge < -0.3 is 15.0 Å². The second-order valence-corrected chi connectivity index (χ2v) is 6.67. The number of anilines is 1. The van der Waals surface area contributed by atoms with Crippen LogP contribution in [-0.4, -0.2) is 37.1 Å². The fraction of sp³-hybridized carbons (Fsp3) is 0.278. The topological polar surface area (TPSA) is 37.4 Å². The highest BCUT2D eigenvalue weighted by Crippen LogP contribution is 2.29. The van der Waals surface area contributed by atoms with Crippen LogP contribution in [0.1, 0.15) is 5.56 Å². The lowest BCUT2D eigenvalue weighted by Gasteiger charge is -2.10. The number of hydrogen-bond donors (Lipinski definition) is 1. The molecule has 120 valence electrons. The first-order valence-electron chi connectivity index (χ1n) is 7.66. The summed E-state index contributed by atoms with van der Waals surface area (Å²) in [6, 6.07) is 16.4. The van der Waals surface area contributed by atoms with Gasteiger partial charge in [-0.15, -0.1) is 0 Å². The van der Waals surface area contributed by atoms with E-state index in [-0.39, 0.29) is 0 Å². The lowest BCUT2D eigenvalue weighted by molar-refractivity contribution is 0.261. The van der Waals surface area contributed by atoms with Crippen LogP contribution in [0, 0.1) is 0 Å². The highest BCUT2D eigenvalue weighted by atomic mass is 32.1. The number of hydrogen-bond acceptors (Lipinski definition) is 5. The minimum atomic E-state index is 0.691. The number of thiazole rings is 1. The van der Waals surface area contributed by atoms with Gasteiger partial charge in [0.2, 0.25) is 0 Å². The van der Waals surface area contributed by atoms with E-state index in [1.165, 1.54) is 5.56 Å². The van der Waals surface area contributed by atoms with Crippen LogP contribution < -0.4 is 10.1 Å². The second kappa shape index (κ2) is 7.44. The van der Waals surface area contributed by atoms with E-state index in [4.69, 9.17) is 4.74 Å². The number of ether oxygens (including phenoxy) is 1. The number of fused-ring (bicyclic) bond motifs is 1. The molecule has 1 aromatic heterocycles. The average molecular weight is 327 g/mol. The van der Waals surface area contributed by atoms with E-state index in [9.17, 15) is 0 Å². The number of aromatic nitrogens is 1. The first-order valence-corrected chi connectivity index (χ1v) is 8.48. The quantitative estimate of drug-likeness (QED) is 0.715. The molecule has 0 aliphatic rings. The van der Waals surface area contributed by atoms with Crippen molar-refractivity contribution in [2.75, 3.05) is 32.6 Å². The number of likely N-dealkylation sites (N-methyl/N-ethyl adjacent to an activating group) is 1. The van der Waals surface area contributed by atoms with Gasteiger partial charge in [-0.2, -0.15) is 0 Å². The molecule has 2 aromatic carbocycles. The standard InChI is InChI=1S/C18H21N3OS/c1-21(2)10-11-22-15-8-9-16-17(12-15)23-18(20-16)19-13-14-6-4-3-5-7-14/h3-9,12H,10-11,13H2,1-2H3,(H,19,20). The zero-order valence-corrected chi connectivity index (χ0v) is 14.3. The minimum Gasteiger partial charge on any atom is -0.492 e. The molecule has 0 amide bonds. The summed E-state index contributed by atoms with van der Waals surface area (Å²) < 4.78 is 6.92. The average Bonchev–Trinajstić information content (AvgIpc) is 2.96. The van der Waals surface area contributed by atoms with Crippen molar-refractivity contribution in [1.82, 2.24) is 9.88 Å². The molecule has 1 heterocycles. The third-order valence-electron chi connectivity index (χ3n) is 3.45. The lowest BCUT2D eigenvalue weighted by atomic mass is 10.2. The molecule has 0 aliphatic carbocycles. The van der Waals surface area contributed by atoms with Crippen LogP contribution in [-0.2, 0) is 6.54 Å². The van der Waals surface area contributed by atoms with Gasteiger partial charge in [0.25, 0.3) is 0 Å². The summed E-state index contributed by atoms with van der Waals surface area (Å²) in [5, 5.41) is 4.33. The maximum atomic E-state index is 5.78. The largest absolute Gasteiger partial charge is 0.492 e.